The Morgan fingerprint density at radius 2 is 2.16 bits per heavy atom. The predicted octanol–water partition coefficient (Wildman–Crippen LogP) is 2.33. The van der Waals surface area contributed by atoms with Crippen LogP contribution in [0.5, 0.6) is 0 Å². The largest absolute Gasteiger partial charge is 0.395 e. The van der Waals surface area contributed by atoms with E-state index in [1.807, 2.05) is 29.2 Å². The molecule has 100 valence electrons. The van der Waals surface area contributed by atoms with Gasteiger partial charge in [0.1, 0.15) is 0 Å². The summed E-state index contributed by atoms with van der Waals surface area (Å²) in [5, 5.41) is 8.71. The minimum absolute atomic E-state index is 0.0807. The Morgan fingerprint density at radius 1 is 1.26 bits per heavy atom. The molecule has 2 rings (SSSR count). The van der Waals surface area contributed by atoms with Crippen LogP contribution in [0.25, 0.3) is 0 Å². The monoisotopic (exact) mass is 257 g/mol. The quantitative estimate of drug-likeness (QED) is 0.826. The lowest BCUT2D eigenvalue weighted by atomic mass is 10.1. The summed E-state index contributed by atoms with van der Waals surface area (Å²) >= 11 is 0. The molecule has 0 aromatic heterocycles. The number of aliphatic hydroxyl groups is 1. The van der Waals surface area contributed by atoms with Crippen LogP contribution in [0.1, 0.15) is 37.7 Å². The summed E-state index contributed by atoms with van der Waals surface area (Å²) in [5.74, 6) is 6.12. The molecule has 1 aromatic carbocycles. The van der Waals surface area contributed by atoms with Gasteiger partial charge in [0.15, 0.2) is 0 Å². The molecule has 3 heteroatoms. The lowest BCUT2D eigenvalue weighted by molar-refractivity contribution is -0.118. The number of amides is 1. The number of hydrogen-bond acceptors (Lipinski definition) is 2. The topological polar surface area (TPSA) is 40.5 Å². The van der Waals surface area contributed by atoms with E-state index in [2.05, 4.69) is 11.8 Å². The number of hydrogen-bond donors (Lipinski definition) is 1. The second-order valence-corrected chi connectivity index (χ2v) is 4.68. The molecule has 0 saturated carbocycles. The van der Waals surface area contributed by atoms with Gasteiger partial charge in [0.05, 0.1) is 6.61 Å². The minimum Gasteiger partial charge on any atom is -0.395 e. The number of nitrogens with zero attached hydrogens (tertiary/aromatic N) is 1. The lowest BCUT2D eigenvalue weighted by Gasteiger charge is -2.20. The standard InChI is InChI=1S/C16H19NO2/c18-12-5-3-7-14-8-6-9-15(13-14)17-11-4-1-2-10-16(17)19/h6,8-9,13,18H,1-2,4-5,10-12H2. The van der Waals surface area contributed by atoms with Crippen molar-refractivity contribution in [3.8, 4) is 11.8 Å². The zero-order chi connectivity index (χ0) is 13.5. The Morgan fingerprint density at radius 3 is 3.00 bits per heavy atom. The highest BCUT2D eigenvalue weighted by molar-refractivity contribution is 5.93. The third kappa shape index (κ3) is 3.84. The number of aliphatic hydroxyl groups excluding tert-OH is 1. The molecule has 1 saturated heterocycles. The van der Waals surface area contributed by atoms with Crippen molar-refractivity contribution in [3.05, 3.63) is 29.8 Å². The van der Waals surface area contributed by atoms with Gasteiger partial charge in [0.2, 0.25) is 5.91 Å². The first kappa shape index (κ1) is 13.6. The molecule has 0 unspecified atom stereocenters. The van der Waals surface area contributed by atoms with Gasteiger partial charge in [-0.05, 0) is 31.0 Å². The van der Waals surface area contributed by atoms with Gasteiger partial charge in [-0.15, -0.1) is 0 Å². The van der Waals surface area contributed by atoms with Crippen molar-refractivity contribution in [2.75, 3.05) is 18.1 Å². The molecule has 1 heterocycles. The molecule has 0 bridgehead atoms. The second kappa shape index (κ2) is 6.96. The van der Waals surface area contributed by atoms with E-state index in [0.29, 0.717) is 12.8 Å². The van der Waals surface area contributed by atoms with Crippen molar-refractivity contribution in [1.82, 2.24) is 0 Å². The fraction of sp³-hybridized carbons (Fsp3) is 0.438. The summed E-state index contributed by atoms with van der Waals surface area (Å²) in [6, 6.07) is 7.76. The molecule has 3 nitrogen and oxygen atoms in total. The van der Waals surface area contributed by atoms with Gasteiger partial charge in [-0.1, -0.05) is 24.3 Å². The Bertz CT molecular complexity index is 499. The van der Waals surface area contributed by atoms with Gasteiger partial charge >= 0.3 is 0 Å². The lowest BCUT2D eigenvalue weighted by Crippen LogP contribution is -2.29. The van der Waals surface area contributed by atoms with Crippen LogP contribution in [0.4, 0.5) is 5.69 Å². The normalized spacial score (nSPS) is 15.6. The van der Waals surface area contributed by atoms with E-state index in [4.69, 9.17) is 5.11 Å². The third-order valence-corrected chi connectivity index (χ3v) is 3.20. The summed E-state index contributed by atoms with van der Waals surface area (Å²) in [7, 11) is 0. The molecule has 1 fully saturated rings. The number of carbonyl (C=O) groups is 1. The first-order chi connectivity index (χ1) is 9.31. The first-order valence-electron chi connectivity index (χ1n) is 6.81. The van der Waals surface area contributed by atoms with E-state index in [1.165, 1.54) is 0 Å². The second-order valence-electron chi connectivity index (χ2n) is 4.68. The van der Waals surface area contributed by atoms with Gasteiger partial charge in [-0.3, -0.25) is 4.79 Å². The summed E-state index contributed by atoms with van der Waals surface area (Å²) in [6.45, 7) is 0.879. The summed E-state index contributed by atoms with van der Waals surface area (Å²) in [6.07, 6.45) is 4.29. The maximum Gasteiger partial charge on any atom is 0.226 e. The Hall–Kier alpha value is -1.79. The van der Waals surface area contributed by atoms with Crippen molar-refractivity contribution < 1.29 is 9.90 Å². The third-order valence-electron chi connectivity index (χ3n) is 3.20. The number of rotatable bonds is 2. The Labute approximate surface area is 114 Å². The molecule has 1 aromatic rings. The minimum atomic E-state index is 0.0807. The number of benzene rings is 1. The Balaban J connectivity index is 2.17. The number of carbonyl (C=O) groups excluding carboxylic acids is 1. The van der Waals surface area contributed by atoms with Crippen LogP contribution in [-0.4, -0.2) is 24.2 Å². The first-order valence-corrected chi connectivity index (χ1v) is 6.81. The number of anilines is 1. The van der Waals surface area contributed by atoms with Crippen LogP contribution >= 0.6 is 0 Å². The van der Waals surface area contributed by atoms with E-state index in [0.717, 1.165) is 37.1 Å². The molecule has 0 radical (unpaired) electrons. The van der Waals surface area contributed by atoms with E-state index in [1.54, 1.807) is 0 Å². The molecule has 0 atom stereocenters. The average molecular weight is 257 g/mol. The molecule has 19 heavy (non-hydrogen) atoms. The van der Waals surface area contributed by atoms with Crippen LogP contribution in [0.2, 0.25) is 0 Å². The van der Waals surface area contributed by atoms with Crippen molar-refractivity contribution in [2.45, 2.75) is 32.1 Å². The zero-order valence-electron chi connectivity index (χ0n) is 11.1. The molecule has 1 amide bonds. The summed E-state index contributed by atoms with van der Waals surface area (Å²) in [4.78, 5) is 13.9. The van der Waals surface area contributed by atoms with Crippen LogP contribution in [0.3, 0.4) is 0 Å². The van der Waals surface area contributed by atoms with Gasteiger partial charge in [-0.2, -0.15) is 0 Å². The SMILES string of the molecule is O=C1CCCCCN1c1cccc(C#CCCO)c1. The summed E-state index contributed by atoms with van der Waals surface area (Å²) < 4.78 is 0. The van der Waals surface area contributed by atoms with Gasteiger partial charge in [-0.25, -0.2) is 0 Å². The highest BCUT2D eigenvalue weighted by Crippen LogP contribution is 2.21. The Kier molecular flexibility index (Phi) is 5.00. The van der Waals surface area contributed by atoms with E-state index in [9.17, 15) is 4.79 Å². The van der Waals surface area contributed by atoms with E-state index in [-0.39, 0.29) is 12.5 Å². The van der Waals surface area contributed by atoms with Crippen molar-refractivity contribution in [1.29, 1.82) is 0 Å². The molecule has 1 N–H and O–H groups in total. The highest BCUT2D eigenvalue weighted by atomic mass is 16.2. The molecular weight excluding hydrogens is 238 g/mol. The smallest absolute Gasteiger partial charge is 0.226 e. The van der Waals surface area contributed by atoms with Gasteiger partial charge in [0, 0.05) is 30.6 Å². The van der Waals surface area contributed by atoms with Crippen molar-refractivity contribution in [2.24, 2.45) is 0 Å². The fourth-order valence-electron chi connectivity index (χ4n) is 2.23. The van der Waals surface area contributed by atoms with Crippen molar-refractivity contribution in [3.63, 3.8) is 0 Å². The molecule has 0 aliphatic carbocycles. The highest BCUT2D eigenvalue weighted by Gasteiger charge is 2.17. The van der Waals surface area contributed by atoms with E-state index < -0.39 is 0 Å². The van der Waals surface area contributed by atoms with Crippen LogP contribution < -0.4 is 4.90 Å². The molecule has 1 aliphatic heterocycles. The van der Waals surface area contributed by atoms with Gasteiger partial charge in [0.25, 0.3) is 0 Å². The van der Waals surface area contributed by atoms with E-state index >= 15 is 0 Å². The maximum atomic E-state index is 12.0. The molecular formula is C16H19NO2. The van der Waals surface area contributed by atoms with Crippen LogP contribution in [-0.2, 0) is 4.79 Å². The van der Waals surface area contributed by atoms with Crippen LogP contribution in [0, 0.1) is 11.8 Å². The zero-order valence-corrected chi connectivity index (χ0v) is 11.1. The summed E-state index contributed by atoms with van der Waals surface area (Å²) in [5.41, 5.74) is 1.82. The average Bonchev–Trinajstić information content (AvgIpc) is 2.64. The van der Waals surface area contributed by atoms with Gasteiger partial charge < -0.3 is 10.0 Å². The van der Waals surface area contributed by atoms with Crippen LogP contribution in [0.15, 0.2) is 24.3 Å². The maximum absolute atomic E-state index is 12.0. The predicted molar refractivity (Wildman–Crippen MR) is 75.8 cm³/mol. The fourth-order valence-corrected chi connectivity index (χ4v) is 2.23. The molecule has 0 spiro atoms. The molecule has 1 aliphatic rings. The van der Waals surface area contributed by atoms with Crippen molar-refractivity contribution >= 4 is 11.6 Å².